The van der Waals surface area contributed by atoms with Gasteiger partial charge in [0.1, 0.15) is 6.54 Å². The van der Waals surface area contributed by atoms with E-state index < -0.39 is 10.0 Å². The minimum atomic E-state index is -3.93. The third kappa shape index (κ3) is 5.23. The van der Waals surface area contributed by atoms with Crippen LogP contribution in [0.4, 0.5) is 5.69 Å². The maximum atomic E-state index is 13.3. The van der Waals surface area contributed by atoms with Gasteiger partial charge in [-0.05, 0) is 49.6 Å². The van der Waals surface area contributed by atoms with Gasteiger partial charge >= 0.3 is 0 Å². The van der Waals surface area contributed by atoms with Gasteiger partial charge in [-0.2, -0.15) is 0 Å². The highest BCUT2D eigenvalue weighted by molar-refractivity contribution is 7.92. The molecule has 0 aromatic heterocycles. The topological polar surface area (TPSA) is 66.5 Å². The second kappa shape index (κ2) is 8.76. The van der Waals surface area contributed by atoms with Gasteiger partial charge in [-0.25, -0.2) is 8.42 Å². The SMILES string of the molecule is Cc1ccc(Cl)cc1N(CC(=O)N[C@@H](C)C(C)C)S(=O)(=O)c1ccccc1. The van der Waals surface area contributed by atoms with Gasteiger partial charge in [0.25, 0.3) is 10.0 Å². The van der Waals surface area contributed by atoms with Crippen LogP contribution in [-0.2, 0) is 14.8 Å². The minimum absolute atomic E-state index is 0.0702. The predicted octanol–water partition coefficient (Wildman–Crippen LogP) is 4.00. The lowest BCUT2D eigenvalue weighted by atomic mass is 10.1. The highest BCUT2D eigenvalue weighted by Gasteiger charge is 2.28. The van der Waals surface area contributed by atoms with Crippen LogP contribution >= 0.6 is 11.6 Å². The summed E-state index contributed by atoms with van der Waals surface area (Å²) >= 11 is 6.10. The minimum Gasteiger partial charge on any atom is -0.352 e. The average Bonchev–Trinajstić information content (AvgIpc) is 2.62. The van der Waals surface area contributed by atoms with Crippen LogP contribution in [0.3, 0.4) is 0 Å². The molecule has 7 heteroatoms. The molecule has 0 aliphatic carbocycles. The normalized spacial score (nSPS) is 12.7. The fraction of sp³-hybridized carbons (Fsp3) is 0.350. The molecule has 0 spiro atoms. The molecule has 1 N–H and O–H groups in total. The van der Waals surface area contributed by atoms with E-state index in [0.717, 1.165) is 4.31 Å². The van der Waals surface area contributed by atoms with Crippen molar-refractivity contribution in [2.45, 2.75) is 38.6 Å². The van der Waals surface area contributed by atoms with Gasteiger partial charge in [-0.1, -0.05) is 49.7 Å². The van der Waals surface area contributed by atoms with Crippen LogP contribution < -0.4 is 9.62 Å². The number of nitrogens with one attached hydrogen (secondary N) is 1. The number of amides is 1. The lowest BCUT2D eigenvalue weighted by molar-refractivity contribution is -0.120. The number of benzene rings is 2. The molecule has 2 aromatic carbocycles. The number of hydrogen-bond acceptors (Lipinski definition) is 3. The van der Waals surface area contributed by atoms with Crippen molar-refractivity contribution < 1.29 is 13.2 Å². The Labute approximate surface area is 166 Å². The monoisotopic (exact) mass is 408 g/mol. The molecule has 0 saturated heterocycles. The van der Waals surface area contributed by atoms with Gasteiger partial charge in [0.15, 0.2) is 0 Å². The first kappa shape index (κ1) is 21.3. The van der Waals surface area contributed by atoms with Crippen LogP contribution in [0.1, 0.15) is 26.3 Å². The molecule has 0 aliphatic rings. The lowest BCUT2D eigenvalue weighted by Gasteiger charge is -2.27. The molecule has 0 aliphatic heterocycles. The van der Waals surface area contributed by atoms with Crippen molar-refractivity contribution >= 4 is 33.2 Å². The third-order valence-electron chi connectivity index (χ3n) is 4.45. The Hall–Kier alpha value is -2.05. The average molecular weight is 409 g/mol. The Morgan fingerprint density at radius 3 is 2.33 bits per heavy atom. The number of carbonyl (C=O) groups is 1. The first-order chi connectivity index (χ1) is 12.6. The van der Waals surface area contributed by atoms with Gasteiger partial charge in [-0.3, -0.25) is 9.10 Å². The molecule has 2 aromatic rings. The second-order valence-electron chi connectivity index (χ2n) is 6.86. The third-order valence-corrected chi connectivity index (χ3v) is 6.46. The van der Waals surface area contributed by atoms with Gasteiger partial charge in [0.2, 0.25) is 5.91 Å². The molecule has 0 saturated carbocycles. The summed E-state index contributed by atoms with van der Waals surface area (Å²) in [6.45, 7) is 7.33. The fourth-order valence-corrected chi connectivity index (χ4v) is 4.13. The Kier molecular flexibility index (Phi) is 6.89. The molecular weight excluding hydrogens is 384 g/mol. The number of rotatable bonds is 7. The van der Waals surface area contributed by atoms with E-state index in [4.69, 9.17) is 11.6 Å². The van der Waals surface area contributed by atoms with E-state index in [1.54, 1.807) is 43.3 Å². The molecular formula is C20H25ClN2O3S. The quantitative estimate of drug-likeness (QED) is 0.752. The summed E-state index contributed by atoms with van der Waals surface area (Å²) in [5.41, 5.74) is 1.10. The lowest BCUT2D eigenvalue weighted by Crippen LogP contribution is -2.45. The maximum Gasteiger partial charge on any atom is 0.264 e. The van der Waals surface area contributed by atoms with Crippen LogP contribution in [0, 0.1) is 12.8 Å². The zero-order chi connectivity index (χ0) is 20.2. The molecule has 27 heavy (non-hydrogen) atoms. The summed E-state index contributed by atoms with van der Waals surface area (Å²) in [6.07, 6.45) is 0. The van der Waals surface area contributed by atoms with E-state index in [2.05, 4.69) is 5.32 Å². The number of carbonyl (C=O) groups excluding carboxylic acids is 1. The number of anilines is 1. The Morgan fingerprint density at radius 1 is 1.11 bits per heavy atom. The molecule has 0 radical (unpaired) electrons. The van der Waals surface area contributed by atoms with Crippen molar-refractivity contribution in [1.29, 1.82) is 0 Å². The number of halogens is 1. The first-order valence-corrected chi connectivity index (χ1v) is 10.6. The Bertz CT molecular complexity index is 899. The standard InChI is InChI=1S/C20H25ClN2O3S/c1-14(2)16(4)22-20(24)13-23(19-12-17(21)11-10-15(19)3)27(25,26)18-8-6-5-7-9-18/h5-12,14,16H,13H2,1-4H3,(H,22,24)/t16-/m0/s1. The molecule has 5 nitrogen and oxygen atoms in total. The van der Waals surface area contributed by atoms with E-state index in [1.165, 1.54) is 12.1 Å². The summed E-state index contributed by atoms with van der Waals surface area (Å²) in [7, 11) is -3.93. The highest BCUT2D eigenvalue weighted by Crippen LogP contribution is 2.29. The van der Waals surface area contributed by atoms with Crippen molar-refractivity contribution in [1.82, 2.24) is 5.32 Å². The summed E-state index contributed by atoms with van der Waals surface area (Å²) in [5, 5.41) is 3.26. The van der Waals surface area contributed by atoms with Gasteiger partial charge in [0, 0.05) is 11.1 Å². The Morgan fingerprint density at radius 2 is 1.74 bits per heavy atom. The second-order valence-corrected chi connectivity index (χ2v) is 9.15. The van der Waals surface area contributed by atoms with Crippen molar-refractivity contribution in [3.8, 4) is 0 Å². The molecule has 0 unspecified atom stereocenters. The summed E-state index contributed by atoms with van der Waals surface area (Å²) < 4.78 is 27.6. The summed E-state index contributed by atoms with van der Waals surface area (Å²) in [6, 6.07) is 13.0. The zero-order valence-corrected chi connectivity index (χ0v) is 17.5. The predicted molar refractivity (Wildman–Crippen MR) is 110 cm³/mol. The summed E-state index contributed by atoms with van der Waals surface area (Å²) in [4.78, 5) is 12.7. The van der Waals surface area contributed by atoms with Gasteiger partial charge in [-0.15, -0.1) is 0 Å². The molecule has 146 valence electrons. The van der Waals surface area contributed by atoms with E-state index in [1.807, 2.05) is 20.8 Å². The van der Waals surface area contributed by atoms with E-state index >= 15 is 0 Å². The molecule has 2 rings (SSSR count). The van der Waals surface area contributed by atoms with Crippen LogP contribution in [0.15, 0.2) is 53.4 Å². The highest BCUT2D eigenvalue weighted by atomic mass is 35.5. The number of sulfonamides is 1. The van der Waals surface area contributed by atoms with Crippen LogP contribution in [-0.4, -0.2) is 26.9 Å². The van der Waals surface area contributed by atoms with Gasteiger partial charge < -0.3 is 5.32 Å². The number of hydrogen-bond donors (Lipinski definition) is 1. The van der Waals surface area contributed by atoms with Crippen molar-refractivity contribution in [3.63, 3.8) is 0 Å². The fourth-order valence-electron chi connectivity index (χ4n) is 2.47. The van der Waals surface area contributed by atoms with E-state index in [-0.39, 0.29) is 29.3 Å². The van der Waals surface area contributed by atoms with E-state index in [0.29, 0.717) is 16.3 Å². The van der Waals surface area contributed by atoms with Crippen molar-refractivity contribution in [3.05, 3.63) is 59.1 Å². The first-order valence-electron chi connectivity index (χ1n) is 8.76. The van der Waals surface area contributed by atoms with Gasteiger partial charge in [0.05, 0.1) is 10.6 Å². The van der Waals surface area contributed by atoms with Crippen LogP contribution in [0.2, 0.25) is 5.02 Å². The Balaban J connectivity index is 2.46. The molecule has 1 amide bonds. The zero-order valence-electron chi connectivity index (χ0n) is 15.9. The molecule has 0 fully saturated rings. The largest absolute Gasteiger partial charge is 0.352 e. The summed E-state index contributed by atoms with van der Waals surface area (Å²) in [5.74, 6) is -0.129. The van der Waals surface area contributed by atoms with Crippen molar-refractivity contribution in [2.24, 2.45) is 5.92 Å². The molecule has 0 heterocycles. The number of aryl methyl sites for hydroxylation is 1. The molecule has 1 atom stereocenters. The van der Waals surface area contributed by atoms with Crippen LogP contribution in [0.25, 0.3) is 0 Å². The maximum absolute atomic E-state index is 13.3. The number of nitrogens with zero attached hydrogens (tertiary/aromatic N) is 1. The molecule has 0 bridgehead atoms. The smallest absolute Gasteiger partial charge is 0.264 e. The van der Waals surface area contributed by atoms with E-state index in [9.17, 15) is 13.2 Å². The van der Waals surface area contributed by atoms with Crippen LogP contribution in [0.5, 0.6) is 0 Å². The van der Waals surface area contributed by atoms with Crippen molar-refractivity contribution in [2.75, 3.05) is 10.8 Å².